The number of amides is 1. The molecule has 1 heterocycles. The number of rotatable bonds is 6. The van der Waals surface area contributed by atoms with E-state index in [2.05, 4.69) is 12.1 Å². The van der Waals surface area contributed by atoms with Gasteiger partial charge in [0.1, 0.15) is 0 Å². The van der Waals surface area contributed by atoms with Crippen LogP contribution in [0.5, 0.6) is 0 Å². The van der Waals surface area contributed by atoms with E-state index in [1.165, 1.54) is 16.9 Å². The maximum absolute atomic E-state index is 13.2. The Kier molecular flexibility index (Phi) is 5.59. The fraction of sp³-hybridized carbons (Fsp3) is 0.0833. The molecule has 0 aliphatic rings. The van der Waals surface area contributed by atoms with E-state index in [-0.39, 0.29) is 5.91 Å². The number of aromatic nitrogens is 1. The molecule has 1 amide bonds. The lowest BCUT2D eigenvalue weighted by Crippen LogP contribution is -2.32. The molecule has 0 saturated carbocycles. The van der Waals surface area contributed by atoms with Crippen LogP contribution in [0.3, 0.4) is 0 Å². The van der Waals surface area contributed by atoms with Crippen LogP contribution in [0.2, 0.25) is 0 Å². The van der Waals surface area contributed by atoms with Crippen LogP contribution >= 0.6 is 11.3 Å². The Bertz CT molecular complexity index is 1030. The van der Waals surface area contributed by atoms with E-state index in [9.17, 15) is 4.79 Å². The van der Waals surface area contributed by atoms with Crippen LogP contribution in [0.25, 0.3) is 11.3 Å². The van der Waals surface area contributed by atoms with Crippen LogP contribution in [0.4, 0.5) is 5.13 Å². The third-order valence-corrected chi connectivity index (χ3v) is 5.39. The SMILES string of the molecule is O=C(c1ccccc1)N(CCc1ccccc1)c1nc(-c2ccccc2)cs1. The Morgan fingerprint density at radius 3 is 2.11 bits per heavy atom. The van der Waals surface area contributed by atoms with Gasteiger partial charge >= 0.3 is 0 Å². The summed E-state index contributed by atoms with van der Waals surface area (Å²) in [7, 11) is 0. The first-order valence-corrected chi connectivity index (χ1v) is 10.1. The van der Waals surface area contributed by atoms with E-state index < -0.39 is 0 Å². The van der Waals surface area contributed by atoms with E-state index in [0.717, 1.165) is 22.8 Å². The Labute approximate surface area is 168 Å². The van der Waals surface area contributed by atoms with Gasteiger partial charge in [0, 0.05) is 23.1 Å². The van der Waals surface area contributed by atoms with Gasteiger partial charge in [0.05, 0.1) is 5.69 Å². The number of nitrogens with zero attached hydrogens (tertiary/aromatic N) is 2. The molecule has 0 N–H and O–H groups in total. The minimum Gasteiger partial charge on any atom is -0.284 e. The molecule has 0 spiro atoms. The molecule has 0 bridgehead atoms. The Morgan fingerprint density at radius 2 is 1.43 bits per heavy atom. The highest BCUT2D eigenvalue weighted by molar-refractivity contribution is 7.14. The van der Waals surface area contributed by atoms with Gasteiger partial charge in [-0.1, -0.05) is 78.9 Å². The number of thiazole rings is 1. The summed E-state index contributed by atoms with van der Waals surface area (Å²) in [5.74, 6) is -0.0227. The van der Waals surface area contributed by atoms with Gasteiger partial charge in [-0.25, -0.2) is 4.98 Å². The van der Waals surface area contributed by atoms with Crippen LogP contribution < -0.4 is 4.90 Å². The van der Waals surface area contributed by atoms with Gasteiger partial charge in [-0.05, 0) is 24.1 Å². The Morgan fingerprint density at radius 1 is 0.821 bits per heavy atom. The number of carbonyl (C=O) groups is 1. The number of anilines is 1. The zero-order chi connectivity index (χ0) is 19.2. The Balaban J connectivity index is 1.63. The average Bonchev–Trinajstić information content (AvgIpc) is 3.26. The van der Waals surface area contributed by atoms with Crippen molar-refractivity contribution in [2.45, 2.75) is 6.42 Å². The molecule has 0 aliphatic heterocycles. The van der Waals surface area contributed by atoms with Gasteiger partial charge in [-0.2, -0.15) is 0 Å². The van der Waals surface area contributed by atoms with E-state index >= 15 is 0 Å². The summed E-state index contributed by atoms with van der Waals surface area (Å²) in [5.41, 5.74) is 3.83. The molecule has 1 aromatic heterocycles. The third-order valence-electron chi connectivity index (χ3n) is 4.53. The van der Waals surface area contributed by atoms with Crippen LogP contribution in [0.15, 0.2) is 96.4 Å². The van der Waals surface area contributed by atoms with Gasteiger partial charge < -0.3 is 0 Å². The van der Waals surface area contributed by atoms with Gasteiger partial charge in [0.15, 0.2) is 5.13 Å². The standard InChI is InChI=1S/C24H20N2OS/c27-23(21-14-8-3-9-15-21)26(17-16-19-10-4-1-5-11-19)24-25-22(18-28-24)20-12-6-2-7-13-20/h1-15,18H,16-17H2. The van der Waals surface area contributed by atoms with Crippen molar-refractivity contribution in [3.63, 3.8) is 0 Å². The lowest BCUT2D eigenvalue weighted by atomic mass is 10.1. The summed E-state index contributed by atoms with van der Waals surface area (Å²) < 4.78 is 0. The molecule has 4 heteroatoms. The average molecular weight is 385 g/mol. The number of carbonyl (C=O) groups excluding carboxylic acids is 1. The van der Waals surface area contributed by atoms with Crippen molar-refractivity contribution >= 4 is 22.4 Å². The molecular formula is C24H20N2OS. The van der Waals surface area contributed by atoms with Gasteiger partial charge in [-0.3, -0.25) is 9.69 Å². The maximum atomic E-state index is 13.2. The molecule has 3 nitrogen and oxygen atoms in total. The van der Waals surface area contributed by atoms with E-state index in [4.69, 9.17) is 4.98 Å². The van der Waals surface area contributed by atoms with Crippen molar-refractivity contribution in [2.24, 2.45) is 0 Å². The van der Waals surface area contributed by atoms with Gasteiger partial charge in [-0.15, -0.1) is 11.3 Å². The van der Waals surface area contributed by atoms with Crippen LogP contribution in [0, 0.1) is 0 Å². The predicted octanol–water partition coefficient (Wildman–Crippen LogP) is 5.70. The van der Waals surface area contributed by atoms with Gasteiger partial charge in [0.2, 0.25) is 0 Å². The summed E-state index contributed by atoms with van der Waals surface area (Å²) in [4.78, 5) is 19.8. The molecule has 0 unspecified atom stereocenters. The predicted molar refractivity (Wildman–Crippen MR) is 116 cm³/mol. The lowest BCUT2D eigenvalue weighted by Gasteiger charge is -2.20. The van der Waals surface area contributed by atoms with Gasteiger partial charge in [0.25, 0.3) is 5.91 Å². The van der Waals surface area contributed by atoms with Crippen molar-refractivity contribution in [1.82, 2.24) is 4.98 Å². The van der Waals surface area contributed by atoms with Crippen LogP contribution in [-0.4, -0.2) is 17.4 Å². The molecule has 0 atom stereocenters. The first-order chi connectivity index (χ1) is 13.8. The normalized spacial score (nSPS) is 10.6. The lowest BCUT2D eigenvalue weighted by molar-refractivity contribution is 0.0987. The quantitative estimate of drug-likeness (QED) is 0.427. The molecule has 138 valence electrons. The minimum atomic E-state index is -0.0227. The molecule has 4 aromatic rings. The van der Waals surface area contributed by atoms with Crippen LogP contribution in [0.1, 0.15) is 15.9 Å². The first-order valence-electron chi connectivity index (χ1n) is 9.23. The maximum Gasteiger partial charge on any atom is 0.260 e. The number of benzene rings is 3. The second-order valence-electron chi connectivity index (χ2n) is 6.44. The highest BCUT2D eigenvalue weighted by Crippen LogP contribution is 2.28. The van der Waals surface area contributed by atoms with Crippen molar-refractivity contribution in [3.05, 3.63) is 108 Å². The highest BCUT2D eigenvalue weighted by atomic mass is 32.1. The minimum absolute atomic E-state index is 0.0227. The first kappa shape index (κ1) is 18.1. The highest BCUT2D eigenvalue weighted by Gasteiger charge is 2.21. The summed E-state index contributed by atoms with van der Waals surface area (Å²) in [6, 6.07) is 29.7. The fourth-order valence-corrected chi connectivity index (χ4v) is 3.89. The van der Waals surface area contributed by atoms with Crippen molar-refractivity contribution in [1.29, 1.82) is 0 Å². The van der Waals surface area contributed by atoms with E-state index in [0.29, 0.717) is 12.1 Å². The van der Waals surface area contributed by atoms with Crippen molar-refractivity contribution in [2.75, 3.05) is 11.4 Å². The van der Waals surface area contributed by atoms with Crippen LogP contribution in [-0.2, 0) is 6.42 Å². The molecule has 0 fully saturated rings. The molecule has 4 rings (SSSR count). The molecule has 28 heavy (non-hydrogen) atoms. The molecule has 3 aromatic carbocycles. The number of hydrogen-bond acceptors (Lipinski definition) is 3. The van der Waals surface area contributed by atoms with E-state index in [1.807, 2.05) is 84.2 Å². The zero-order valence-corrected chi connectivity index (χ0v) is 16.2. The molecule has 0 aliphatic carbocycles. The number of hydrogen-bond donors (Lipinski definition) is 0. The van der Waals surface area contributed by atoms with Crippen molar-refractivity contribution in [3.8, 4) is 11.3 Å². The topological polar surface area (TPSA) is 33.2 Å². The fourth-order valence-electron chi connectivity index (χ4n) is 3.04. The monoisotopic (exact) mass is 384 g/mol. The molecule has 0 saturated heterocycles. The second kappa shape index (κ2) is 8.63. The van der Waals surface area contributed by atoms with E-state index in [1.54, 1.807) is 4.90 Å². The molecule has 0 radical (unpaired) electrons. The molecular weight excluding hydrogens is 364 g/mol. The third kappa shape index (κ3) is 4.18. The Hall–Kier alpha value is -3.24. The second-order valence-corrected chi connectivity index (χ2v) is 7.28. The summed E-state index contributed by atoms with van der Waals surface area (Å²) in [6.07, 6.45) is 0.777. The largest absolute Gasteiger partial charge is 0.284 e. The van der Waals surface area contributed by atoms with Crippen molar-refractivity contribution < 1.29 is 4.79 Å². The smallest absolute Gasteiger partial charge is 0.260 e. The summed E-state index contributed by atoms with van der Waals surface area (Å²) in [5, 5.41) is 2.74. The zero-order valence-electron chi connectivity index (χ0n) is 15.4. The summed E-state index contributed by atoms with van der Waals surface area (Å²) >= 11 is 1.50. The summed E-state index contributed by atoms with van der Waals surface area (Å²) in [6.45, 7) is 0.583.